The number of nitrogens with one attached hydrogen (secondary N) is 2. The van der Waals surface area contributed by atoms with Gasteiger partial charge in [0.05, 0.1) is 24.0 Å². The molecule has 0 bridgehead atoms. The van der Waals surface area contributed by atoms with Crippen molar-refractivity contribution in [1.82, 2.24) is 5.32 Å². The van der Waals surface area contributed by atoms with Crippen molar-refractivity contribution in [2.24, 2.45) is 5.41 Å². The van der Waals surface area contributed by atoms with E-state index in [1.807, 2.05) is 24.3 Å². The normalized spacial score (nSPS) is 19.0. The van der Waals surface area contributed by atoms with Gasteiger partial charge in [-0.15, -0.1) is 0 Å². The number of carbonyl (C=O) groups is 2. The second-order valence-corrected chi connectivity index (χ2v) is 12.1. The maximum Gasteiger partial charge on any atom is 0.239 e. The van der Waals surface area contributed by atoms with E-state index in [0.717, 1.165) is 41.1 Å². The summed E-state index contributed by atoms with van der Waals surface area (Å²) in [4.78, 5) is 29.1. The van der Waals surface area contributed by atoms with Crippen molar-refractivity contribution in [2.45, 2.75) is 65.3 Å². The quantitative estimate of drug-likeness (QED) is 0.471. The molecule has 37 heavy (non-hydrogen) atoms. The Morgan fingerprint density at radius 3 is 2.49 bits per heavy atom. The van der Waals surface area contributed by atoms with Crippen LogP contribution in [0.1, 0.15) is 71.0 Å². The predicted octanol–water partition coefficient (Wildman–Crippen LogP) is 5.75. The minimum atomic E-state index is -0.367. The second-order valence-electron chi connectivity index (χ2n) is 12.1. The molecular formula is C31H41N3O3. The summed E-state index contributed by atoms with van der Waals surface area (Å²) < 4.78 is 5.12. The van der Waals surface area contributed by atoms with Crippen molar-refractivity contribution in [2.75, 3.05) is 37.0 Å². The molecule has 6 heteroatoms. The van der Waals surface area contributed by atoms with Gasteiger partial charge in [-0.3, -0.25) is 9.59 Å². The zero-order chi connectivity index (χ0) is 26.8. The van der Waals surface area contributed by atoms with E-state index in [9.17, 15) is 9.59 Å². The van der Waals surface area contributed by atoms with Crippen molar-refractivity contribution in [1.29, 1.82) is 0 Å². The molecular weight excluding hydrogens is 462 g/mol. The molecule has 0 saturated heterocycles. The van der Waals surface area contributed by atoms with E-state index < -0.39 is 0 Å². The molecule has 6 nitrogen and oxygen atoms in total. The molecule has 0 radical (unpaired) electrons. The number of methoxy groups -OCH3 is 1. The zero-order valence-electron chi connectivity index (χ0n) is 23.1. The van der Waals surface area contributed by atoms with E-state index in [1.165, 1.54) is 5.56 Å². The maximum absolute atomic E-state index is 13.8. The molecule has 1 atom stereocenters. The third kappa shape index (κ3) is 6.07. The van der Waals surface area contributed by atoms with Crippen LogP contribution in [0.25, 0.3) is 0 Å². The molecule has 2 aromatic rings. The van der Waals surface area contributed by atoms with E-state index in [1.54, 1.807) is 7.11 Å². The highest BCUT2D eigenvalue weighted by Crippen LogP contribution is 2.48. The van der Waals surface area contributed by atoms with Gasteiger partial charge < -0.3 is 20.3 Å². The van der Waals surface area contributed by atoms with Crippen molar-refractivity contribution < 1.29 is 14.3 Å². The minimum absolute atomic E-state index is 0.0209. The summed E-state index contributed by atoms with van der Waals surface area (Å²) in [5.41, 5.74) is 5.70. The average Bonchev–Trinajstić information content (AvgIpc) is 2.95. The molecule has 2 N–H and O–H groups in total. The van der Waals surface area contributed by atoms with Crippen LogP contribution in [-0.2, 0) is 19.7 Å². The largest absolute Gasteiger partial charge is 0.385 e. The van der Waals surface area contributed by atoms with Gasteiger partial charge >= 0.3 is 0 Å². The summed E-state index contributed by atoms with van der Waals surface area (Å²) in [6.45, 7) is 12.2. The number of ketones is 1. The first kappa shape index (κ1) is 26.9. The van der Waals surface area contributed by atoms with Gasteiger partial charge in [0, 0.05) is 38.0 Å². The number of benzene rings is 2. The lowest BCUT2D eigenvalue weighted by Crippen LogP contribution is -2.42. The summed E-state index contributed by atoms with van der Waals surface area (Å²) >= 11 is 0. The smallest absolute Gasteiger partial charge is 0.239 e. The lowest BCUT2D eigenvalue weighted by atomic mass is 9.73. The third-order valence-corrected chi connectivity index (χ3v) is 7.26. The number of hydrogen-bond donors (Lipinski definition) is 2. The Morgan fingerprint density at radius 2 is 1.81 bits per heavy atom. The molecule has 1 amide bonds. The van der Waals surface area contributed by atoms with Gasteiger partial charge in [0.1, 0.15) is 0 Å². The maximum atomic E-state index is 13.8. The van der Waals surface area contributed by atoms with Crippen molar-refractivity contribution >= 4 is 23.1 Å². The zero-order valence-corrected chi connectivity index (χ0v) is 23.1. The monoisotopic (exact) mass is 503 g/mol. The number of para-hydroxylation sites is 2. The molecule has 2 aromatic carbocycles. The number of Topliss-reactive ketones (excluding diaryl/α,β-unsaturated/α-hetero) is 1. The van der Waals surface area contributed by atoms with Crippen LogP contribution in [0.15, 0.2) is 59.8 Å². The Kier molecular flexibility index (Phi) is 7.79. The third-order valence-electron chi connectivity index (χ3n) is 7.26. The van der Waals surface area contributed by atoms with Crippen LogP contribution in [0.4, 0.5) is 11.4 Å². The highest BCUT2D eigenvalue weighted by molar-refractivity contribution is 6.01. The fourth-order valence-corrected chi connectivity index (χ4v) is 5.39. The van der Waals surface area contributed by atoms with Crippen LogP contribution in [0, 0.1) is 5.41 Å². The molecule has 198 valence electrons. The van der Waals surface area contributed by atoms with E-state index >= 15 is 0 Å². The number of nitrogens with zero attached hydrogens (tertiary/aromatic N) is 1. The number of ether oxygens (including phenoxy) is 1. The van der Waals surface area contributed by atoms with Crippen LogP contribution >= 0.6 is 0 Å². The highest BCUT2D eigenvalue weighted by atomic mass is 16.5. The van der Waals surface area contributed by atoms with Gasteiger partial charge in [-0.05, 0) is 46.9 Å². The topological polar surface area (TPSA) is 70.7 Å². The molecule has 4 rings (SSSR count). The van der Waals surface area contributed by atoms with Gasteiger partial charge in [-0.2, -0.15) is 0 Å². The first-order valence-corrected chi connectivity index (χ1v) is 13.3. The molecule has 2 aliphatic rings. The molecule has 1 aliphatic carbocycles. The Bertz CT molecular complexity index is 1170. The van der Waals surface area contributed by atoms with E-state index in [2.05, 4.69) is 74.4 Å². The van der Waals surface area contributed by atoms with Gasteiger partial charge in [-0.1, -0.05) is 71.0 Å². The minimum Gasteiger partial charge on any atom is -0.385 e. The molecule has 0 spiro atoms. The molecule has 0 fully saturated rings. The van der Waals surface area contributed by atoms with Crippen molar-refractivity contribution in [3.8, 4) is 0 Å². The number of fused-ring (bicyclic) bond motifs is 1. The Hall–Kier alpha value is -3.12. The van der Waals surface area contributed by atoms with Gasteiger partial charge in [-0.25, -0.2) is 0 Å². The van der Waals surface area contributed by atoms with Gasteiger partial charge in [0.2, 0.25) is 5.91 Å². The number of allylic oxidation sites excluding steroid dienone is 1. The Morgan fingerprint density at radius 1 is 1.11 bits per heavy atom. The highest BCUT2D eigenvalue weighted by Gasteiger charge is 2.41. The first-order chi connectivity index (χ1) is 17.5. The lowest BCUT2D eigenvalue weighted by molar-refractivity contribution is -0.120. The fourth-order valence-electron chi connectivity index (χ4n) is 5.39. The number of hydrogen-bond acceptors (Lipinski definition) is 5. The summed E-state index contributed by atoms with van der Waals surface area (Å²) in [5.74, 6) is 0.0665. The fraction of sp³-hybridized carbons (Fsp3) is 0.484. The van der Waals surface area contributed by atoms with Crippen LogP contribution in [-0.4, -0.2) is 38.5 Å². The molecule has 0 aromatic heterocycles. The summed E-state index contributed by atoms with van der Waals surface area (Å²) in [6, 6.07) is 16.2. The summed E-state index contributed by atoms with van der Waals surface area (Å²) in [7, 11) is 1.66. The number of anilines is 2. The predicted molar refractivity (Wildman–Crippen MR) is 150 cm³/mol. The average molecular weight is 504 g/mol. The molecule has 1 heterocycles. The summed E-state index contributed by atoms with van der Waals surface area (Å²) in [5, 5.41) is 6.65. The van der Waals surface area contributed by atoms with Crippen LogP contribution in [0.2, 0.25) is 0 Å². The lowest BCUT2D eigenvalue weighted by Gasteiger charge is -2.38. The van der Waals surface area contributed by atoms with E-state index in [-0.39, 0.29) is 35.1 Å². The molecule has 0 saturated carbocycles. The summed E-state index contributed by atoms with van der Waals surface area (Å²) in [6.07, 6.45) is 2.01. The van der Waals surface area contributed by atoms with Crippen LogP contribution in [0.5, 0.6) is 0 Å². The number of rotatable bonds is 7. The van der Waals surface area contributed by atoms with Crippen LogP contribution in [0.3, 0.4) is 0 Å². The Labute approximate surface area is 221 Å². The van der Waals surface area contributed by atoms with E-state index in [4.69, 9.17) is 4.74 Å². The first-order valence-electron chi connectivity index (χ1n) is 13.3. The number of carbonyl (C=O) groups excluding carboxylic acids is 2. The van der Waals surface area contributed by atoms with Crippen LogP contribution < -0.4 is 15.5 Å². The standard InChI is InChI=1S/C31H41N3O3/c1-30(2,3)22-14-12-21(13-15-22)29-28-24(18-31(4,5)19-26(28)35)33-23-10-7-8-11-25(23)34(29)20-27(36)32-16-9-17-37-6/h7-8,10-15,29,33H,9,16-20H2,1-6H3,(H,32,36). The van der Waals surface area contributed by atoms with Crippen molar-refractivity contribution in [3.63, 3.8) is 0 Å². The van der Waals surface area contributed by atoms with Crippen molar-refractivity contribution in [3.05, 3.63) is 70.9 Å². The SMILES string of the molecule is COCCCNC(=O)CN1c2ccccc2NC2=C(C(=O)CC(C)(C)C2)C1c1ccc(C(C)(C)C)cc1. The van der Waals surface area contributed by atoms with E-state index in [0.29, 0.717) is 19.6 Å². The molecule has 1 aliphatic heterocycles. The second kappa shape index (κ2) is 10.7. The van der Waals surface area contributed by atoms with Gasteiger partial charge in [0.25, 0.3) is 0 Å². The number of amides is 1. The molecule has 1 unspecified atom stereocenters. The Balaban J connectivity index is 1.82. The van der Waals surface area contributed by atoms with Gasteiger partial charge in [0.15, 0.2) is 5.78 Å².